The van der Waals surface area contributed by atoms with Crippen LogP contribution in [0, 0.1) is 5.92 Å². The van der Waals surface area contributed by atoms with E-state index in [-0.39, 0.29) is 29.4 Å². The first-order chi connectivity index (χ1) is 19.6. The summed E-state index contributed by atoms with van der Waals surface area (Å²) < 4.78 is 7.21. The van der Waals surface area contributed by atoms with E-state index in [0.29, 0.717) is 23.8 Å². The molecule has 3 aromatic rings. The summed E-state index contributed by atoms with van der Waals surface area (Å²) in [5.74, 6) is -0.0699. The monoisotopic (exact) mass is 560 g/mol. The molecule has 41 heavy (non-hydrogen) atoms. The predicted octanol–water partition coefficient (Wildman–Crippen LogP) is 4.84. The molecule has 2 fully saturated rings. The van der Waals surface area contributed by atoms with E-state index in [2.05, 4.69) is 20.2 Å². The smallest absolute Gasteiger partial charge is 0.410 e. The van der Waals surface area contributed by atoms with Gasteiger partial charge in [-0.2, -0.15) is 0 Å². The Kier molecular flexibility index (Phi) is 8.28. The molecule has 0 aromatic carbocycles. The van der Waals surface area contributed by atoms with Gasteiger partial charge in [-0.25, -0.2) is 9.78 Å². The maximum atomic E-state index is 13.2. The standard InChI is InChI=1S/C31H40N6O4/c1-21(29(39)34-26-17-28(38)36-16-6-5-12-27(36)33-26)25-14-13-23(18-32-25)35-15-8-11-24(20-35)37(19-22-9-7-10-22)30(40)41-31(2,3)4/h5-6,12-14,16-18,21-22,24H,7-11,15,19-20H2,1-4H3,(H,34,39)/t21?,24-/m1/s1. The molecule has 2 aliphatic rings. The molecule has 10 nitrogen and oxygen atoms in total. The lowest BCUT2D eigenvalue weighted by Crippen LogP contribution is -2.53. The molecule has 1 aliphatic heterocycles. The van der Waals surface area contributed by atoms with Crippen molar-refractivity contribution >= 4 is 29.2 Å². The maximum absolute atomic E-state index is 13.2. The molecule has 1 unspecified atom stereocenters. The van der Waals surface area contributed by atoms with Crippen molar-refractivity contribution in [1.82, 2.24) is 19.3 Å². The van der Waals surface area contributed by atoms with Crippen LogP contribution in [-0.2, 0) is 9.53 Å². The average molecular weight is 561 g/mol. The molecule has 10 heteroatoms. The van der Waals surface area contributed by atoms with Crippen LogP contribution in [0.25, 0.3) is 5.65 Å². The van der Waals surface area contributed by atoms with Gasteiger partial charge in [0.2, 0.25) is 5.91 Å². The first-order valence-electron chi connectivity index (χ1n) is 14.6. The zero-order valence-corrected chi connectivity index (χ0v) is 24.4. The van der Waals surface area contributed by atoms with Crippen LogP contribution in [0.3, 0.4) is 0 Å². The average Bonchev–Trinajstić information content (AvgIpc) is 2.91. The summed E-state index contributed by atoms with van der Waals surface area (Å²) >= 11 is 0. The van der Waals surface area contributed by atoms with Crippen LogP contribution in [0.4, 0.5) is 16.3 Å². The van der Waals surface area contributed by atoms with Crippen molar-refractivity contribution in [1.29, 1.82) is 0 Å². The van der Waals surface area contributed by atoms with Crippen molar-refractivity contribution < 1.29 is 14.3 Å². The lowest BCUT2D eigenvalue weighted by atomic mass is 9.84. The highest BCUT2D eigenvalue weighted by Gasteiger charge is 2.34. The third-order valence-electron chi connectivity index (χ3n) is 7.94. The fraction of sp³-hybridized carbons (Fsp3) is 0.516. The minimum atomic E-state index is -0.542. The lowest BCUT2D eigenvalue weighted by molar-refractivity contribution is -0.117. The van der Waals surface area contributed by atoms with Gasteiger partial charge in [0.1, 0.15) is 17.1 Å². The van der Waals surface area contributed by atoms with E-state index in [9.17, 15) is 14.4 Å². The van der Waals surface area contributed by atoms with Gasteiger partial charge in [-0.05, 0) is 83.6 Å². The molecule has 0 bridgehead atoms. The molecular formula is C31H40N6O4. The Balaban J connectivity index is 1.24. The molecule has 1 N–H and O–H groups in total. The molecular weight excluding hydrogens is 520 g/mol. The number of hydrogen-bond donors (Lipinski definition) is 1. The first-order valence-corrected chi connectivity index (χ1v) is 14.6. The number of rotatable bonds is 7. The fourth-order valence-corrected chi connectivity index (χ4v) is 5.42. The maximum Gasteiger partial charge on any atom is 0.410 e. The van der Waals surface area contributed by atoms with Crippen molar-refractivity contribution in [3.63, 3.8) is 0 Å². The van der Waals surface area contributed by atoms with Gasteiger partial charge in [-0.15, -0.1) is 0 Å². The number of anilines is 2. The van der Waals surface area contributed by atoms with Gasteiger partial charge < -0.3 is 19.9 Å². The normalized spacial score (nSPS) is 18.4. The van der Waals surface area contributed by atoms with Gasteiger partial charge in [0.15, 0.2) is 0 Å². The number of carbonyl (C=O) groups excluding carboxylic acids is 2. The quantitative estimate of drug-likeness (QED) is 0.441. The summed E-state index contributed by atoms with van der Waals surface area (Å²) in [7, 11) is 0. The second-order valence-electron chi connectivity index (χ2n) is 12.2. The Morgan fingerprint density at radius 2 is 1.95 bits per heavy atom. The van der Waals surface area contributed by atoms with E-state index in [0.717, 1.165) is 31.6 Å². The van der Waals surface area contributed by atoms with Crippen molar-refractivity contribution in [2.45, 2.75) is 77.4 Å². The predicted molar refractivity (Wildman–Crippen MR) is 158 cm³/mol. The van der Waals surface area contributed by atoms with Gasteiger partial charge in [0.05, 0.1) is 29.5 Å². The van der Waals surface area contributed by atoms with Crippen LogP contribution in [-0.4, -0.2) is 62.5 Å². The molecule has 1 saturated heterocycles. The molecule has 5 rings (SSSR count). The number of piperidine rings is 1. The topological polar surface area (TPSA) is 109 Å². The van der Waals surface area contributed by atoms with E-state index in [1.54, 1.807) is 37.5 Å². The number of nitrogens with zero attached hydrogens (tertiary/aromatic N) is 5. The van der Waals surface area contributed by atoms with E-state index < -0.39 is 11.5 Å². The van der Waals surface area contributed by atoms with Gasteiger partial charge in [-0.3, -0.25) is 19.0 Å². The number of hydrogen-bond acceptors (Lipinski definition) is 7. The Hall–Kier alpha value is -3.95. The fourth-order valence-electron chi connectivity index (χ4n) is 5.42. The summed E-state index contributed by atoms with van der Waals surface area (Å²) in [6.07, 6.45) is 8.68. The van der Waals surface area contributed by atoms with Crippen molar-refractivity contribution in [2.75, 3.05) is 29.9 Å². The number of aromatic nitrogens is 3. The third-order valence-corrected chi connectivity index (χ3v) is 7.94. The van der Waals surface area contributed by atoms with Gasteiger partial charge >= 0.3 is 6.09 Å². The van der Waals surface area contributed by atoms with Crippen LogP contribution >= 0.6 is 0 Å². The summed E-state index contributed by atoms with van der Waals surface area (Å²) in [6, 6.07) is 10.5. The molecule has 4 heterocycles. The highest BCUT2D eigenvalue weighted by atomic mass is 16.6. The molecule has 218 valence electrons. The van der Waals surface area contributed by atoms with E-state index in [4.69, 9.17) is 4.74 Å². The first kappa shape index (κ1) is 28.6. The zero-order valence-electron chi connectivity index (χ0n) is 24.4. The number of fused-ring (bicyclic) bond motifs is 1. The van der Waals surface area contributed by atoms with E-state index >= 15 is 0 Å². The number of nitrogens with one attached hydrogen (secondary N) is 1. The Labute approximate surface area is 240 Å². The van der Waals surface area contributed by atoms with E-state index in [1.165, 1.54) is 29.7 Å². The minimum Gasteiger partial charge on any atom is -0.444 e. The van der Waals surface area contributed by atoms with E-state index in [1.807, 2.05) is 37.8 Å². The van der Waals surface area contributed by atoms with Crippen LogP contribution in [0.5, 0.6) is 0 Å². The number of ether oxygens (including phenoxy) is 1. The second-order valence-corrected chi connectivity index (χ2v) is 12.2. The third kappa shape index (κ3) is 6.86. The molecule has 3 aromatic heterocycles. The van der Waals surface area contributed by atoms with Crippen LogP contribution in [0.15, 0.2) is 53.6 Å². The van der Waals surface area contributed by atoms with Crippen molar-refractivity contribution in [3.8, 4) is 0 Å². The zero-order chi connectivity index (χ0) is 29.1. The summed E-state index contributed by atoms with van der Waals surface area (Å²) in [5, 5.41) is 2.76. The molecule has 2 atom stereocenters. The second kappa shape index (κ2) is 11.9. The summed E-state index contributed by atoms with van der Waals surface area (Å²) in [6.45, 7) is 9.84. The molecule has 0 radical (unpaired) electrons. The van der Waals surface area contributed by atoms with Crippen LogP contribution in [0.2, 0.25) is 0 Å². The number of amides is 2. The Morgan fingerprint density at radius 3 is 2.63 bits per heavy atom. The summed E-state index contributed by atoms with van der Waals surface area (Å²) in [4.78, 5) is 51.8. The van der Waals surface area contributed by atoms with Crippen LogP contribution < -0.4 is 15.8 Å². The highest BCUT2D eigenvalue weighted by molar-refractivity contribution is 5.94. The number of carbonyl (C=O) groups is 2. The summed E-state index contributed by atoms with van der Waals surface area (Å²) in [5.41, 5.74) is 1.25. The largest absolute Gasteiger partial charge is 0.444 e. The van der Waals surface area contributed by atoms with Crippen LogP contribution in [0.1, 0.15) is 71.4 Å². The van der Waals surface area contributed by atoms with Gasteiger partial charge in [-0.1, -0.05) is 12.5 Å². The van der Waals surface area contributed by atoms with Gasteiger partial charge in [0.25, 0.3) is 5.56 Å². The molecule has 0 spiro atoms. The number of pyridine rings is 2. The molecule has 1 saturated carbocycles. The Morgan fingerprint density at radius 1 is 1.15 bits per heavy atom. The highest BCUT2D eigenvalue weighted by Crippen LogP contribution is 2.31. The minimum absolute atomic E-state index is 0.0714. The molecule has 2 amide bonds. The van der Waals surface area contributed by atoms with Crippen molar-refractivity contribution in [2.24, 2.45) is 5.92 Å². The van der Waals surface area contributed by atoms with Gasteiger partial charge in [0, 0.05) is 31.9 Å². The Bertz CT molecular complexity index is 1440. The molecule has 1 aliphatic carbocycles. The SMILES string of the molecule is CC(C(=O)Nc1cc(=O)n2ccccc2n1)c1ccc(N2CCC[C@@H](N(CC3CCC3)C(=O)OC(C)(C)C)C2)cn1. The lowest BCUT2D eigenvalue weighted by Gasteiger charge is -2.43. The van der Waals surface area contributed by atoms with Crippen molar-refractivity contribution in [3.05, 3.63) is 64.8 Å².